The van der Waals surface area contributed by atoms with Crippen LogP contribution in [0.2, 0.25) is 0 Å². The van der Waals surface area contributed by atoms with E-state index < -0.39 is 0 Å². The molecule has 0 unspecified atom stereocenters. The second-order valence-corrected chi connectivity index (χ2v) is 5.90. The molecular formula is C20H33ClO7. The second kappa shape index (κ2) is 20.8. The Hall–Kier alpha value is -0.930. The Morgan fingerprint density at radius 3 is 1.21 bits per heavy atom. The highest BCUT2D eigenvalue weighted by molar-refractivity contribution is 6.17. The van der Waals surface area contributed by atoms with Crippen LogP contribution in [0.1, 0.15) is 0 Å². The summed E-state index contributed by atoms with van der Waals surface area (Å²) in [7, 11) is 0. The minimum absolute atomic E-state index is 0.506. The van der Waals surface area contributed by atoms with E-state index >= 15 is 0 Å². The zero-order valence-electron chi connectivity index (χ0n) is 16.5. The lowest BCUT2D eigenvalue weighted by Gasteiger charge is -2.08. The Bertz CT molecular complexity index is 422. The van der Waals surface area contributed by atoms with Crippen molar-refractivity contribution in [3.05, 3.63) is 30.3 Å². The fourth-order valence-electron chi connectivity index (χ4n) is 1.99. The SMILES string of the molecule is ClCCOCCOCCOCCOCCOCCOCCOc1ccccc1. The minimum Gasteiger partial charge on any atom is -0.491 e. The van der Waals surface area contributed by atoms with Crippen LogP contribution in [-0.2, 0) is 28.4 Å². The van der Waals surface area contributed by atoms with Crippen molar-refractivity contribution in [1.82, 2.24) is 0 Å². The van der Waals surface area contributed by atoms with Gasteiger partial charge in [0.2, 0.25) is 0 Å². The Labute approximate surface area is 173 Å². The van der Waals surface area contributed by atoms with Crippen LogP contribution in [0, 0.1) is 0 Å². The number of rotatable bonds is 21. The van der Waals surface area contributed by atoms with Crippen LogP contribution in [-0.4, -0.2) is 91.8 Å². The number of hydrogen-bond acceptors (Lipinski definition) is 7. The van der Waals surface area contributed by atoms with Crippen molar-refractivity contribution in [3.8, 4) is 5.75 Å². The van der Waals surface area contributed by atoms with Crippen LogP contribution in [0.25, 0.3) is 0 Å². The van der Waals surface area contributed by atoms with E-state index in [2.05, 4.69) is 0 Å². The van der Waals surface area contributed by atoms with Crippen molar-refractivity contribution in [2.45, 2.75) is 0 Å². The molecule has 0 N–H and O–H groups in total. The second-order valence-electron chi connectivity index (χ2n) is 5.52. The molecule has 1 rings (SSSR count). The predicted molar refractivity (Wildman–Crippen MR) is 108 cm³/mol. The van der Waals surface area contributed by atoms with Crippen LogP contribution in [0.5, 0.6) is 5.75 Å². The van der Waals surface area contributed by atoms with Gasteiger partial charge in [-0.1, -0.05) is 18.2 Å². The van der Waals surface area contributed by atoms with E-state index in [1.165, 1.54) is 0 Å². The number of ether oxygens (including phenoxy) is 7. The molecule has 0 spiro atoms. The Morgan fingerprint density at radius 2 is 0.821 bits per heavy atom. The summed E-state index contributed by atoms with van der Waals surface area (Å²) < 4.78 is 37.7. The highest BCUT2D eigenvalue weighted by Gasteiger charge is 1.95. The van der Waals surface area contributed by atoms with Gasteiger partial charge in [-0.05, 0) is 12.1 Å². The first kappa shape index (κ1) is 25.1. The first-order valence-electron chi connectivity index (χ1n) is 9.63. The lowest BCUT2D eigenvalue weighted by Crippen LogP contribution is -2.14. The lowest BCUT2D eigenvalue weighted by atomic mass is 10.3. The molecule has 0 fully saturated rings. The van der Waals surface area contributed by atoms with Gasteiger partial charge in [-0.25, -0.2) is 0 Å². The lowest BCUT2D eigenvalue weighted by molar-refractivity contribution is -0.0172. The summed E-state index contributed by atoms with van der Waals surface area (Å²) in [6.45, 7) is 7.05. The molecule has 1 aromatic rings. The molecule has 0 atom stereocenters. The third kappa shape index (κ3) is 17.2. The summed E-state index contributed by atoms with van der Waals surface area (Å²) in [4.78, 5) is 0. The summed E-state index contributed by atoms with van der Waals surface area (Å²) in [5.41, 5.74) is 0. The minimum atomic E-state index is 0.506. The summed E-state index contributed by atoms with van der Waals surface area (Å²) in [6, 6.07) is 9.67. The summed E-state index contributed by atoms with van der Waals surface area (Å²) in [5, 5.41) is 0. The molecule has 1 aromatic carbocycles. The Morgan fingerprint density at radius 1 is 0.464 bits per heavy atom. The van der Waals surface area contributed by atoms with Crippen LogP contribution >= 0.6 is 11.6 Å². The van der Waals surface area contributed by atoms with Crippen LogP contribution in [0.15, 0.2) is 30.3 Å². The van der Waals surface area contributed by atoms with Crippen molar-refractivity contribution >= 4 is 11.6 Å². The maximum Gasteiger partial charge on any atom is 0.119 e. The fourth-order valence-corrected chi connectivity index (χ4v) is 2.10. The third-order valence-electron chi connectivity index (χ3n) is 3.32. The van der Waals surface area contributed by atoms with Gasteiger partial charge in [-0.2, -0.15) is 0 Å². The molecule has 0 amide bonds. The number of hydrogen-bond donors (Lipinski definition) is 0. The van der Waals surface area contributed by atoms with Gasteiger partial charge in [0, 0.05) is 5.88 Å². The van der Waals surface area contributed by atoms with E-state index in [1.807, 2.05) is 30.3 Å². The molecule has 0 aliphatic heterocycles. The van der Waals surface area contributed by atoms with E-state index in [0.717, 1.165) is 5.75 Å². The molecule has 0 radical (unpaired) electrons. The fraction of sp³-hybridized carbons (Fsp3) is 0.700. The molecule has 0 saturated carbocycles. The van der Waals surface area contributed by atoms with Crippen molar-refractivity contribution < 1.29 is 33.2 Å². The van der Waals surface area contributed by atoms with E-state index in [0.29, 0.717) is 91.8 Å². The van der Waals surface area contributed by atoms with Gasteiger partial charge in [0.25, 0.3) is 0 Å². The Kier molecular flexibility index (Phi) is 18.6. The van der Waals surface area contributed by atoms with Gasteiger partial charge in [0.15, 0.2) is 0 Å². The van der Waals surface area contributed by atoms with E-state index in [1.54, 1.807) is 0 Å². The van der Waals surface area contributed by atoms with E-state index in [-0.39, 0.29) is 0 Å². The maximum absolute atomic E-state index is 5.52. The number of para-hydroxylation sites is 1. The van der Waals surface area contributed by atoms with Gasteiger partial charge >= 0.3 is 0 Å². The zero-order chi connectivity index (χ0) is 20.0. The number of benzene rings is 1. The molecule has 0 heterocycles. The summed E-state index contributed by atoms with van der Waals surface area (Å²) in [5.74, 6) is 1.36. The van der Waals surface area contributed by atoms with E-state index in [4.69, 9.17) is 44.8 Å². The highest BCUT2D eigenvalue weighted by atomic mass is 35.5. The first-order valence-corrected chi connectivity index (χ1v) is 10.2. The van der Waals surface area contributed by atoms with Gasteiger partial charge < -0.3 is 33.2 Å². The zero-order valence-corrected chi connectivity index (χ0v) is 17.3. The molecule has 7 nitrogen and oxygen atoms in total. The molecule has 28 heavy (non-hydrogen) atoms. The molecule has 0 bridgehead atoms. The van der Waals surface area contributed by atoms with Crippen molar-refractivity contribution in [3.63, 3.8) is 0 Å². The maximum atomic E-state index is 5.52. The average molecular weight is 421 g/mol. The molecule has 0 aromatic heterocycles. The smallest absolute Gasteiger partial charge is 0.119 e. The third-order valence-corrected chi connectivity index (χ3v) is 3.48. The summed E-state index contributed by atoms with van der Waals surface area (Å²) >= 11 is 5.49. The van der Waals surface area contributed by atoms with Crippen LogP contribution in [0.4, 0.5) is 0 Å². The normalized spacial score (nSPS) is 11.0. The summed E-state index contributed by atoms with van der Waals surface area (Å²) in [6.07, 6.45) is 0. The molecule has 162 valence electrons. The van der Waals surface area contributed by atoms with Crippen molar-refractivity contribution in [2.24, 2.45) is 0 Å². The van der Waals surface area contributed by atoms with Crippen LogP contribution in [0.3, 0.4) is 0 Å². The Balaban J connectivity index is 1.67. The van der Waals surface area contributed by atoms with Gasteiger partial charge in [0.05, 0.1) is 79.3 Å². The van der Waals surface area contributed by atoms with Gasteiger partial charge in [-0.3, -0.25) is 0 Å². The molecule has 0 saturated heterocycles. The largest absolute Gasteiger partial charge is 0.491 e. The van der Waals surface area contributed by atoms with E-state index in [9.17, 15) is 0 Å². The number of alkyl halides is 1. The topological polar surface area (TPSA) is 64.6 Å². The number of halogens is 1. The predicted octanol–water partition coefficient (Wildman–Crippen LogP) is 2.40. The van der Waals surface area contributed by atoms with Crippen molar-refractivity contribution in [2.75, 3.05) is 91.8 Å². The van der Waals surface area contributed by atoms with Crippen molar-refractivity contribution in [1.29, 1.82) is 0 Å². The average Bonchev–Trinajstić information content (AvgIpc) is 2.73. The molecule has 8 heteroatoms. The van der Waals surface area contributed by atoms with Gasteiger partial charge in [0.1, 0.15) is 12.4 Å². The standard InChI is InChI=1S/C20H33ClO7/c21-6-7-22-8-9-23-10-11-24-12-13-25-14-15-26-16-17-27-18-19-28-20-4-2-1-3-5-20/h1-5H,6-19H2. The van der Waals surface area contributed by atoms with Crippen LogP contribution < -0.4 is 4.74 Å². The first-order chi connectivity index (χ1) is 13.9. The highest BCUT2D eigenvalue weighted by Crippen LogP contribution is 2.07. The molecular weight excluding hydrogens is 388 g/mol. The van der Waals surface area contributed by atoms with Gasteiger partial charge in [-0.15, -0.1) is 11.6 Å². The quantitative estimate of drug-likeness (QED) is 0.223. The monoisotopic (exact) mass is 420 g/mol. The molecule has 0 aliphatic carbocycles. The molecule has 0 aliphatic rings.